The van der Waals surface area contributed by atoms with E-state index in [1.807, 2.05) is 18.5 Å². The SMILES string of the molecule is Cc1ccc(C(=O)O)cc1OCc1cncn1C. The van der Waals surface area contributed by atoms with Crippen molar-refractivity contribution >= 4 is 5.97 Å². The Morgan fingerprint density at radius 3 is 2.89 bits per heavy atom. The van der Waals surface area contributed by atoms with E-state index < -0.39 is 5.97 Å². The number of hydrogen-bond acceptors (Lipinski definition) is 3. The molecule has 0 amide bonds. The lowest BCUT2D eigenvalue weighted by atomic mass is 10.1. The van der Waals surface area contributed by atoms with Crippen LogP contribution in [0.4, 0.5) is 0 Å². The van der Waals surface area contributed by atoms with E-state index in [1.54, 1.807) is 24.7 Å². The first kappa shape index (κ1) is 12.2. The zero-order valence-corrected chi connectivity index (χ0v) is 10.3. The summed E-state index contributed by atoms with van der Waals surface area (Å²) in [6.45, 7) is 2.24. The van der Waals surface area contributed by atoms with Gasteiger partial charge in [-0.15, -0.1) is 0 Å². The van der Waals surface area contributed by atoms with Gasteiger partial charge in [0.15, 0.2) is 0 Å². The summed E-state index contributed by atoms with van der Waals surface area (Å²) in [6.07, 6.45) is 3.41. The van der Waals surface area contributed by atoms with E-state index in [0.717, 1.165) is 11.3 Å². The Bertz CT molecular complexity index is 575. The summed E-state index contributed by atoms with van der Waals surface area (Å²) >= 11 is 0. The van der Waals surface area contributed by atoms with E-state index >= 15 is 0 Å². The Morgan fingerprint density at radius 1 is 1.50 bits per heavy atom. The second kappa shape index (κ2) is 4.91. The molecule has 0 saturated carbocycles. The van der Waals surface area contributed by atoms with Gasteiger partial charge in [0.05, 0.1) is 23.8 Å². The zero-order valence-electron chi connectivity index (χ0n) is 10.3. The normalized spacial score (nSPS) is 10.3. The molecule has 5 heteroatoms. The molecule has 0 bridgehead atoms. The number of rotatable bonds is 4. The summed E-state index contributed by atoms with van der Waals surface area (Å²) in [4.78, 5) is 14.9. The van der Waals surface area contributed by atoms with E-state index in [4.69, 9.17) is 9.84 Å². The van der Waals surface area contributed by atoms with Gasteiger partial charge >= 0.3 is 5.97 Å². The molecule has 0 spiro atoms. The Kier molecular flexibility index (Phi) is 3.32. The number of ether oxygens (including phenoxy) is 1. The highest BCUT2D eigenvalue weighted by molar-refractivity contribution is 5.88. The molecule has 0 unspecified atom stereocenters. The van der Waals surface area contributed by atoms with Crippen LogP contribution in [-0.4, -0.2) is 20.6 Å². The number of aryl methyl sites for hydroxylation is 2. The average molecular weight is 246 g/mol. The first-order valence-electron chi connectivity index (χ1n) is 5.50. The van der Waals surface area contributed by atoms with Gasteiger partial charge in [0.25, 0.3) is 0 Å². The Labute approximate surface area is 105 Å². The molecule has 0 aliphatic heterocycles. The van der Waals surface area contributed by atoms with Crippen molar-refractivity contribution in [2.24, 2.45) is 7.05 Å². The molecule has 2 rings (SSSR count). The van der Waals surface area contributed by atoms with E-state index in [1.165, 1.54) is 6.07 Å². The van der Waals surface area contributed by atoms with Crippen LogP contribution in [0.2, 0.25) is 0 Å². The minimum atomic E-state index is -0.958. The van der Waals surface area contributed by atoms with E-state index in [9.17, 15) is 4.79 Å². The van der Waals surface area contributed by atoms with Crippen LogP contribution in [0.15, 0.2) is 30.7 Å². The molecular formula is C13H14N2O3. The van der Waals surface area contributed by atoms with Gasteiger partial charge in [0.2, 0.25) is 0 Å². The maximum Gasteiger partial charge on any atom is 0.335 e. The fraction of sp³-hybridized carbons (Fsp3) is 0.231. The monoisotopic (exact) mass is 246 g/mol. The van der Waals surface area contributed by atoms with Gasteiger partial charge in [0, 0.05) is 7.05 Å². The summed E-state index contributed by atoms with van der Waals surface area (Å²) in [7, 11) is 1.88. The lowest BCUT2D eigenvalue weighted by Gasteiger charge is -2.10. The van der Waals surface area contributed by atoms with Crippen LogP contribution >= 0.6 is 0 Å². The van der Waals surface area contributed by atoms with Gasteiger partial charge in [-0.3, -0.25) is 0 Å². The van der Waals surface area contributed by atoms with Gasteiger partial charge in [-0.05, 0) is 24.6 Å². The highest BCUT2D eigenvalue weighted by atomic mass is 16.5. The van der Waals surface area contributed by atoms with Crippen LogP contribution in [0.25, 0.3) is 0 Å². The fourth-order valence-electron chi connectivity index (χ4n) is 1.56. The predicted molar refractivity (Wildman–Crippen MR) is 65.7 cm³/mol. The van der Waals surface area contributed by atoms with Gasteiger partial charge in [-0.1, -0.05) is 6.07 Å². The van der Waals surface area contributed by atoms with Crippen molar-refractivity contribution in [3.05, 3.63) is 47.5 Å². The standard InChI is InChI=1S/C13H14N2O3/c1-9-3-4-10(13(16)17)5-12(9)18-7-11-6-14-8-15(11)2/h3-6,8H,7H2,1-2H3,(H,16,17). The molecule has 0 saturated heterocycles. The summed E-state index contributed by atoms with van der Waals surface area (Å²) in [5, 5.41) is 8.93. The number of hydrogen-bond donors (Lipinski definition) is 1. The van der Waals surface area contributed by atoms with Crippen LogP contribution < -0.4 is 4.74 Å². The Balaban J connectivity index is 2.16. The van der Waals surface area contributed by atoms with Crippen LogP contribution in [0.5, 0.6) is 5.75 Å². The molecule has 0 aliphatic carbocycles. The van der Waals surface area contributed by atoms with Crippen molar-refractivity contribution in [1.29, 1.82) is 0 Å². The molecular weight excluding hydrogens is 232 g/mol. The number of aromatic carboxylic acids is 1. The summed E-state index contributed by atoms with van der Waals surface area (Å²) < 4.78 is 7.49. The number of nitrogens with zero attached hydrogens (tertiary/aromatic N) is 2. The van der Waals surface area contributed by atoms with Crippen molar-refractivity contribution in [2.75, 3.05) is 0 Å². The van der Waals surface area contributed by atoms with Gasteiger partial charge in [-0.2, -0.15) is 0 Å². The van der Waals surface area contributed by atoms with Crippen molar-refractivity contribution in [2.45, 2.75) is 13.5 Å². The van der Waals surface area contributed by atoms with Gasteiger partial charge in [-0.25, -0.2) is 9.78 Å². The van der Waals surface area contributed by atoms with Crippen LogP contribution in [0.3, 0.4) is 0 Å². The molecule has 1 aromatic carbocycles. The molecule has 1 N–H and O–H groups in total. The second-order valence-electron chi connectivity index (χ2n) is 4.07. The predicted octanol–water partition coefficient (Wildman–Crippen LogP) is 2.01. The molecule has 18 heavy (non-hydrogen) atoms. The third kappa shape index (κ3) is 2.51. The van der Waals surface area contributed by atoms with Crippen LogP contribution in [0, 0.1) is 6.92 Å². The largest absolute Gasteiger partial charge is 0.487 e. The zero-order chi connectivity index (χ0) is 13.1. The molecule has 94 valence electrons. The summed E-state index contributed by atoms with van der Waals surface area (Å²) in [5.41, 5.74) is 2.05. The molecule has 1 heterocycles. The average Bonchev–Trinajstić information content (AvgIpc) is 2.73. The molecule has 2 aromatic rings. The molecule has 0 fully saturated rings. The highest BCUT2D eigenvalue weighted by Crippen LogP contribution is 2.20. The van der Waals surface area contributed by atoms with E-state index in [0.29, 0.717) is 12.4 Å². The molecule has 0 radical (unpaired) electrons. The van der Waals surface area contributed by atoms with Crippen molar-refractivity contribution in [3.63, 3.8) is 0 Å². The lowest BCUT2D eigenvalue weighted by Crippen LogP contribution is -2.03. The highest BCUT2D eigenvalue weighted by Gasteiger charge is 2.08. The topological polar surface area (TPSA) is 64.3 Å². The number of carboxylic acid groups (broad SMARTS) is 1. The van der Waals surface area contributed by atoms with Gasteiger partial charge < -0.3 is 14.4 Å². The van der Waals surface area contributed by atoms with E-state index in [-0.39, 0.29) is 5.56 Å². The van der Waals surface area contributed by atoms with Crippen LogP contribution in [-0.2, 0) is 13.7 Å². The smallest absolute Gasteiger partial charge is 0.335 e. The Hall–Kier alpha value is -2.30. The maximum absolute atomic E-state index is 10.9. The molecule has 5 nitrogen and oxygen atoms in total. The minimum absolute atomic E-state index is 0.223. The van der Waals surface area contributed by atoms with Crippen molar-refractivity contribution < 1.29 is 14.6 Å². The summed E-state index contributed by atoms with van der Waals surface area (Å²) in [5.74, 6) is -0.378. The Morgan fingerprint density at radius 2 is 2.28 bits per heavy atom. The number of carbonyl (C=O) groups is 1. The maximum atomic E-state index is 10.9. The first-order valence-corrected chi connectivity index (χ1v) is 5.50. The lowest BCUT2D eigenvalue weighted by molar-refractivity contribution is 0.0696. The third-order valence-electron chi connectivity index (χ3n) is 2.73. The van der Waals surface area contributed by atoms with Gasteiger partial charge in [0.1, 0.15) is 12.4 Å². The fourth-order valence-corrected chi connectivity index (χ4v) is 1.56. The first-order chi connectivity index (χ1) is 8.58. The van der Waals surface area contributed by atoms with Crippen molar-refractivity contribution in [3.8, 4) is 5.75 Å². The molecule has 0 aliphatic rings. The quantitative estimate of drug-likeness (QED) is 0.896. The van der Waals surface area contributed by atoms with Crippen molar-refractivity contribution in [1.82, 2.24) is 9.55 Å². The molecule has 1 aromatic heterocycles. The third-order valence-corrected chi connectivity index (χ3v) is 2.73. The number of imidazole rings is 1. The number of aromatic nitrogens is 2. The minimum Gasteiger partial charge on any atom is -0.487 e. The number of benzene rings is 1. The summed E-state index contributed by atoms with van der Waals surface area (Å²) in [6, 6.07) is 4.84. The van der Waals surface area contributed by atoms with Crippen LogP contribution in [0.1, 0.15) is 21.6 Å². The molecule has 0 atom stereocenters. The van der Waals surface area contributed by atoms with E-state index in [2.05, 4.69) is 4.98 Å². The second-order valence-corrected chi connectivity index (χ2v) is 4.07. The number of carboxylic acids is 1.